The molecule has 0 bridgehead atoms. The zero-order valence-corrected chi connectivity index (χ0v) is 12.2. The van der Waals surface area contributed by atoms with Crippen LogP contribution < -0.4 is 5.73 Å². The molecule has 2 aliphatic rings. The van der Waals surface area contributed by atoms with Gasteiger partial charge in [0.15, 0.2) is 0 Å². The van der Waals surface area contributed by atoms with Crippen molar-refractivity contribution in [1.29, 1.82) is 0 Å². The van der Waals surface area contributed by atoms with E-state index in [2.05, 4.69) is 0 Å². The van der Waals surface area contributed by atoms with E-state index in [4.69, 9.17) is 10.5 Å². The molecule has 1 heterocycles. The number of ether oxygens (including phenoxy) is 1. The van der Waals surface area contributed by atoms with E-state index in [9.17, 15) is 4.79 Å². The maximum absolute atomic E-state index is 12.0. The number of halogens is 1. The molecule has 1 aliphatic carbocycles. The molecule has 0 radical (unpaired) electrons. The number of carbonyl (C=O) groups excluding carboxylic acids is 1. The monoisotopic (exact) mass is 296 g/mol. The van der Waals surface area contributed by atoms with E-state index >= 15 is 0 Å². The van der Waals surface area contributed by atoms with Crippen LogP contribution in [-0.2, 0) is 11.3 Å². The average Bonchev–Trinajstić information content (AvgIpc) is 2.94. The van der Waals surface area contributed by atoms with E-state index in [1.54, 1.807) is 0 Å². The second-order valence-electron chi connectivity index (χ2n) is 5.70. The van der Waals surface area contributed by atoms with Crippen LogP contribution in [0.2, 0.25) is 0 Å². The molecule has 2 unspecified atom stereocenters. The zero-order valence-electron chi connectivity index (χ0n) is 11.4. The number of nitrogens with two attached hydrogens (primary N) is 1. The van der Waals surface area contributed by atoms with Crippen LogP contribution in [0.1, 0.15) is 18.4 Å². The Kier molecular flexibility index (Phi) is 4.89. The van der Waals surface area contributed by atoms with E-state index in [1.165, 1.54) is 0 Å². The Morgan fingerprint density at radius 1 is 1.20 bits per heavy atom. The number of benzene rings is 1. The van der Waals surface area contributed by atoms with Crippen LogP contribution in [0.15, 0.2) is 30.3 Å². The molecule has 1 saturated carbocycles. The lowest BCUT2D eigenvalue weighted by Gasteiger charge is -2.18. The van der Waals surface area contributed by atoms with Gasteiger partial charge in [0.2, 0.25) is 0 Å². The Morgan fingerprint density at radius 3 is 2.40 bits per heavy atom. The van der Waals surface area contributed by atoms with Crippen molar-refractivity contribution in [1.82, 2.24) is 4.90 Å². The third kappa shape index (κ3) is 3.25. The number of likely N-dealkylation sites (tertiary alicyclic amines) is 1. The molecule has 2 N–H and O–H groups in total. The highest BCUT2D eigenvalue weighted by molar-refractivity contribution is 5.85. The first-order valence-electron chi connectivity index (χ1n) is 6.93. The SMILES string of the molecule is Cl.NC1CC2CN(C(=O)OCc3ccccc3)CC2C1. The Labute approximate surface area is 125 Å². The molecule has 110 valence electrons. The van der Waals surface area contributed by atoms with Crippen LogP contribution in [0.3, 0.4) is 0 Å². The fourth-order valence-electron chi connectivity index (χ4n) is 3.31. The topological polar surface area (TPSA) is 55.6 Å². The smallest absolute Gasteiger partial charge is 0.410 e. The van der Waals surface area contributed by atoms with Crippen LogP contribution in [0.5, 0.6) is 0 Å². The number of nitrogens with zero attached hydrogens (tertiary/aromatic N) is 1. The Hall–Kier alpha value is -1.26. The highest BCUT2D eigenvalue weighted by Crippen LogP contribution is 2.37. The lowest BCUT2D eigenvalue weighted by molar-refractivity contribution is 0.101. The van der Waals surface area contributed by atoms with Crippen molar-refractivity contribution in [2.24, 2.45) is 17.6 Å². The normalized spacial score (nSPS) is 27.9. The van der Waals surface area contributed by atoms with Gasteiger partial charge in [-0.2, -0.15) is 0 Å². The van der Waals surface area contributed by atoms with Crippen molar-refractivity contribution in [2.45, 2.75) is 25.5 Å². The summed E-state index contributed by atoms with van der Waals surface area (Å²) in [6.45, 7) is 1.98. The summed E-state index contributed by atoms with van der Waals surface area (Å²) in [5.41, 5.74) is 6.97. The summed E-state index contributed by atoms with van der Waals surface area (Å²) in [7, 11) is 0. The molecule has 1 aliphatic heterocycles. The number of carbonyl (C=O) groups is 1. The first kappa shape index (κ1) is 15.1. The van der Waals surface area contributed by atoms with Crippen LogP contribution >= 0.6 is 12.4 Å². The second-order valence-corrected chi connectivity index (χ2v) is 5.70. The van der Waals surface area contributed by atoms with E-state index in [0.29, 0.717) is 24.5 Å². The molecule has 4 nitrogen and oxygen atoms in total. The highest BCUT2D eigenvalue weighted by Gasteiger charge is 2.41. The van der Waals surface area contributed by atoms with Gasteiger partial charge in [0, 0.05) is 19.1 Å². The number of amides is 1. The fourth-order valence-corrected chi connectivity index (χ4v) is 3.31. The van der Waals surface area contributed by atoms with Crippen molar-refractivity contribution in [3.05, 3.63) is 35.9 Å². The van der Waals surface area contributed by atoms with Crippen molar-refractivity contribution in [2.75, 3.05) is 13.1 Å². The minimum atomic E-state index is -0.188. The highest BCUT2D eigenvalue weighted by atomic mass is 35.5. The van der Waals surface area contributed by atoms with Gasteiger partial charge >= 0.3 is 6.09 Å². The Bertz CT molecular complexity index is 440. The maximum Gasteiger partial charge on any atom is 0.410 e. The predicted molar refractivity (Wildman–Crippen MR) is 79.6 cm³/mol. The second kappa shape index (κ2) is 6.46. The summed E-state index contributed by atoms with van der Waals surface area (Å²) in [5, 5.41) is 0. The van der Waals surface area contributed by atoms with E-state index in [1.807, 2.05) is 35.2 Å². The molecule has 2 fully saturated rings. The van der Waals surface area contributed by atoms with Gasteiger partial charge < -0.3 is 15.4 Å². The van der Waals surface area contributed by atoms with Gasteiger partial charge in [0.25, 0.3) is 0 Å². The zero-order chi connectivity index (χ0) is 13.2. The molecular weight excluding hydrogens is 276 g/mol. The molecule has 2 atom stereocenters. The molecule has 0 spiro atoms. The van der Waals surface area contributed by atoms with Crippen LogP contribution in [0.25, 0.3) is 0 Å². The quantitative estimate of drug-likeness (QED) is 0.912. The van der Waals surface area contributed by atoms with E-state index in [0.717, 1.165) is 31.5 Å². The summed E-state index contributed by atoms with van der Waals surface area (Å²) in [6.07, 6.45) is 1.91. The lowest BCUT2D eigenvalue weighted by atomic mass is 10.0. The predicted octanol–water partition coefficient (Wildman–Crippen LogP) is 2.41. The van der Waals surface area contributed by atoms with E-state index < -0.39 is 0 Å². The largest absolute Gasteiger partial charge is 0.445 e. The number of fused-ring (bicyclic) bond motifs is 1. The lowest BCUT2D eigenvalue weighted by Crippen LogP contribution is -2.31. The molecule has 1 amide bonds. The molecule has 3 rings (SSSR count). The van der Waals surface area contributed by atoms with Gasteiger partial charge in [0.05, 0.1) is 0 Å². The van der Waals surface area contributed by atoms with Gasteiger partial charge in [-0.3, -0.25) is 0 Å². The van der Waals surface area contributed by atoms with Gasteiger partial charge in [0.1, 0.15) is 6.61 Å². The minimum absolute atomic E-state index is 0. The molecule has 0 aromatic heterocycles. The molecular formula is C15H21ClN2O2. The van der Waals surface area contributed by atoms with Crippen molar-refractivity contribution in [3.63, 3.8) is 0 Å². The molecule has 1 aromatic carbocycles. The summed E-state index contributed by atoms with van der Waals surface area (Å²) in [4.78, 5) is 13.8. The van der Waals surface area contributed by atoms with Gasteiger partial charge in [-0.25, -0.2) is 4.79 Å². The van der Waals surface area contributed by atoms with E-state index in [-0.39, 0.29) is 18.5 Å². The molecule has 20 heavy (non-hydrogen) atoms. The third-order valence-electron chi connectivity index (χ3n) is 4.25. The van der Waals surface area contributed by atoms with Crippen LogP contribution in [0.4, 0.5) is 4.79 Å². The molecule has 5 heteroatoms. The maximum atomic E-state index is 12.0. The van der Waals surface area contributed by atoms with Crippen LogP contribution in [0, 0.1) is 11.8 Å². The number of hydrogen-bond donors (Lipinski definition) is 1. The summed E-state index contributed by atoms with van der Waals surface area (Å²) in [5.74, 6) is 1.17. The van der Waals surface area contributed by atoms with Gasteiger partial charge in [-0.05, 0) is 30.2 Å². The summed E-state index contributed by atoms with van der Waals surface area (Å²) in [6, 6.07) is 10.1. The summed E-state index contributed by atoms with van der Waals surface area (Å²) < 4.78 is 5.36. The fraction of sp³-hybridized carbons (Fsp3) is 0.533. The van der Waals surface area contributed by atoms with Crippen molar-refractivity contribution >= 4 is 18.5 Å². The Balaban J connectivity index is 0.00000147. The number of rotatable bonds is 2. The van der Waals surface area contributed by atoms with Crippen molar-refractivity contribution in [3.8, 4) is 0 Å². The third-order valence-corrected chi connectivity index (χ3v) is 4.25. The van der Waals surface area contributed by atoms with Crippen LogP contribution in [-0.4, -0.2) is 30.1 Å². The average molecular weight is 297 g/mol. The van der Waals surface area contributed by atoms with Crippen molar-refractivity contribution < 1.29 is 9.53 Å². The Morgan fingerprint density at radius 2 is 1.80 bits per heavy atom. The summed E-state index contributed by atoms with van der Waals surface area (Å²) >= 11 is 0. The first-order valence-corrected chi connectivity index (χ1v) is 6.93. The molecule has 1 saturated heterocycles. The molecule has 1 aromatic rings. The van der Waals surface area contributed by atoms with Gasteiger partial charge in [-0.15, -0.1) is 12.4 Å². The van der Waals surface area contributed by atoms with Gasteiger partial charge in [-0.1, -0.05) is 30.3 Å². The minimum Gasteiger partial charge on any atom is -0.445 e. The standard InChI is InChI=1S/C15H20N2O2.ClH/c16-14-6-12-8-17(9-13(12)7-14)15(18)19-10-11-4-2-1-3-5-11;/h1-5,12-14H,6-10,16H2;1H. The number of hydrogen-bond acceptors (Lipinski definition) is 3. The first-order chi connectivity index (χ1) is 9.22.